The van der Waals surface area contributed by atoms with E-state index in [2.05, 4.69) is 4.90 Å². The summed E-state index contributed by atoms with van der Waals surface area (Å²) >= 11 is 0. The van der Waals surface area contributed by atoms with Crippen LogP contribution in [-0.4, -0.2) is 24.9 Å². The third-order valence-electron chi connectivity index (χ3n) is 6.35. The molecular weight excluding hydrogens is 438 g/mol. The standard InChI is InChI=1S/C28H25N5O2/c1-3-31(4-2)22-17-15-21(16-18-22)28(19-29,20-30)25-26(34)32(23-11-7-5-8-12-23)33(27(25)35)24-13-9-6-10-14-24/h5-18,25H,3-4H2,1-2H3. The summed E-state index contributed by atoms with van der Waals surface area (Å²) in [5.74, 6) is -2.78. The molecule has 1 saturated heterocycles. The Labute approximate surface area is 205 Å². The minimum absolute atomic E-state index is 0.313. The van der Waals surface area contributed by atoms with E-state index in [9.17, 15) is 20.1 Å². The molecule has 1 aliphatic heterocycles. The van der Waals surface area contributed by atoms with Gasteiger partial charge in [0.2, 0.25) is 0 Å². The van der Waals surface area contributed by atoms with Crippen molar-refractivity contribution in [2.45, 2.75) is 19.3 Å². The highest BCUT2D eigenvalue weighted by atomic mass is 16.2. The van der Waals surface area contributed by atoms with Crippen LogP contribution in [0.5, 0.6) is 0 Å². The second kappa shape index (κ2) is 9.70. The molecule has 3 aromatic rings. The summed E-state index contributed by atoms with van der Waals surface area (Å²) in [6, 6.07) is 28.5. The fourth-order valence-electron chi connectivity index (χ4n) is 4.52. The summed E-state index contributed by atoms with van der Waals surface area (Å²) in [6.45, 7) is 5.68. The Bertz CT molecular complexity index is 1220. The van der Waals surface area contributed by atoms with Crippen molar-refractivity contribution in [2.75, 3.05) is 28.0 Å². The Kier molecular flexibility index (Phi) is 6.53. The van der Waals surface area contributed by atoms with Crippen LogP contribution in [0.3, 0.4) is 0 Å². The van der Waals surface area contributed by atoms with Gasteiger partial charge in [-0.1, -0.05) is 48.5 Å². The van der Waals surface area contributed by atoms with Gasteiger partial charge in [-0.3, -0.25) is 9.59 Å². The van der Waals surface area contributed by atoms with E-state index in [1.165, 1.54) is 10.0 Å². The van der Waals surface area contributed by atoms with Gasteiger partial charge < -0.3 is 4.90 Å². The van der Waals surface area contributed by atoms with Gasteiger partial charge in [0.15, 0.2) is 11.3 Å². The number of nitriles is 2. The van der Waals surface area contributed by atoms with Crippen molar-refractivity contribution in [3.63, 3.8) is 0 Å². The van der Waals surface area contributed by atoms with Crippen molar-refractivity contribution in [3.05, 3.63) is 90.5 Å². The molecule has 174 valence electrons. The minimum atomic E-state index is -1.99. The largest absolute Gasteiger partial charge is 0.372 e. The molecule has 0 saturated carbocycles. The van der Waals surface area contributed by atoms with Gasteiger partial charge in [-0.2, -0.15) is 10.5 Å². The summed E-state index contributed by atoms with van der Waals surface area (Å²) in [7, 11) is 0. The van der Waals surface area contributed by atoms with Crippen LogP contribution in [0, 0.1) is 28.6 Å². The SMILES string of the molecule is CCN(CC)c1ccc(C(C#N)(C#N)C2C(=O)N(c3ccccc3)N(c3ccccc3)C2=O)cc1. The van der Waals surface area contributed by atoms with Gasteiger partial charge in [0.05, 0.1) is 23.5 Å². The number of hydrogen-bond acceptors (Lipinski definition) is 5. The van der Waals surface area contributed by atoms with Crippen molar-refractivity contribution in [2.24, 2.45) is 5.92 Å². The zero-order valence-corrected chi connectivity index (χ0v) is 19.6. The lowest BCUT2D eigenvalue weighted by molar-refractivity contribution is -0.128. The van der Waals surface area contributed by atoms with Crippen LogP contribution in [-0.2, 0) is 15.0 Å². The van der Waals surface area contributed by atoms with E-state index >= 15 is 0 Å². The maximum Gasteiger partial charge on any atom is 0.262 e. The quantitative estimate of drug-likeness (QED) is 0.484. The molecule has 0 N–H and O–H groups in total. The van der Waals surface area contributed by atoms with Crippen LogP contribution >= 0.6 is 0 Å². The molecule has 7 heteroatoms. The van der Waals surface area contributed by atoms with Crippen LogP contribution in [0.1, 0.15) is 19.4 Å². The molecule has 2 amide bonds. The highest BCUT2D eigenvalue weighted by Crippen LogP contribution is 2.42. The fourth-order valence-corrected chi connectivity index (χ4v) is 4.52. The second-order valence-electron chi connectivity index (χ2n) is 8.15. The number of hydrogen-bond donors (Lipinski definition) is 0. The minimum Gasteiger partial charge on any atom is -0.372 e. The molecule has 7 nitrogen and oxygen atoms in total. The van der Waals surface area contributed by atoms with Crippen LogP contribution in [0.4, 0.5) is 17.1 Å². The maximum absolute atomic E-state index is 13.9. The maximum atomic E-state index is 13.9. The highest BCUT2D eigenvalue weighted by molar-refractivity contribution is 6.24. The van der Waals surface area contributed by atoms with E-state index in [-0.39, 0.29) is 0 Å². The molecular formula is C28H25N5O2. The van der Waals surface area contributed by atoms with Gasteiger partial charge >= 0.3 is 0 Å². The number of para-hydroxylation sites is 2. The van der Waals surface area contributed by atoms with Crippen molar-refractivity contribution in [1.29, 1.82) is 10.5 Å². The average molecular weight is 464 g/mol. The third-order valence-corrected chi connectivity index (χ3v) is 6.35. The first-order chi connectivity index (χ1) is 17.0. The lowest BCUT2D eigenvalue weighted by Gasteiger charge is -2.27. The van der Waals surface area contributed by atoms with Crippen LogP contribution in [0.25, 0.3) is 0 Å². The number of benzene rings is 3. The van der Waals surface area contributed by atoms with Crippen LogP contribution in [0.2, 0.25) is 0 Å². The smallest absolute Gasteiger partial charge is 0.262 e. The summed E-state index contributed by atoms with van der Waals surface area (Å²) in [6.07, 6.45) is 0. The van der Waals surface area contributed by atoms with E-state index in [0.717, 1.165) is 18.8 Å². The summed E-state index contributed by atoms with van der Waals surface area (Å²) in [5.41, 5.74) is 0.196. The average Bonchev–Trinajstić information content (AvgIpc) is 3.18. The van der Waals surface area contributed by atoms with Gasteiger partial charge in [-0.25, -0.2) is 10.0 Å². The van der Waals surface area contributed by atoms with E-state index in [1.54, 1.807) is 60.7 Å². The molecule has 1 aliphatic rings. The second-order valence-corrected chi connectivity index (χ2v) is 8.15. The number of carbonyl (C=O) groups is 2. The Hall–Kier alpha value is -4.62. The van der Waals surface area contributed by atoms with Gasteiger partial charge in [-0.15, -0.1) is 0 Å². The van der Waals surface area contributed by atoms with Crippen molar-refractivity contribution >= 4 is 28.9 Å². The predicted molar refractivity (Wildman–Crippen MR) is 134 cm³/mol. The monoisotopic (exact) mass is 463 g/mol. The zero-order valence-electron chi connectivity index (χ0n) is 19.6. The molecule has 0 atom stereocenters. The molecule has 0 unspecified atom stereocenters. The molecule has 0 aliphatic carbocycles. The molecule has 35 heavy (non-hydrogen) atoms. The van der Waals surface area contributed by atoms with Gasteiger partial charge in [0, 0.05) is 18.8 Å². The lowest BCUT2D eigenvalue weighted by atomic mass is 9.71. The first-order valence-corrected chi connectivity index (χ1v) is 11.5. The third kappa shape index (κ3) is 3.88. The Morgan fingerprint density at radius 2 is 1.17 bits per heavy atom. The number of anilines is 3. The van der Waals surface area contributed by atoms with Gasteiger partial charge in [0.1, 0.15) is 0 Å². The highest BCUT2D eigenvalue weighted by Gasteiger charge is 2.59. The number of nitrogens with zero attached hydrogens (tertiary/aromatic N) is 5. The van der Waals surface area contributed by atoms with Crippen LogP contribution in [0.15, 0.2) is 84.9 Å². The molecule has 0 radical (unpaired) electrons. The first-order valence-electron chi connectivity index (χ1n) is 11.5. The Morgan fingerprint density at radius 3 is 1.54 bits per heavy atom. The van der Waals surface area contributed by atoms with E-state index in [1.807, 2.05) is 50.3 Å². The van der Waals surface area contributed by atoms with Gasteiger partial charge in [0.25, 0.3) is 11.8 Å². The number of hydrazine groups is 1. The molecule has 0 aromatic heterocycles. The number of rotatable bonds is 7. The zero-order chi connectivity index (χ0) is 25.0. The Morgan fingerprint density at radius 1 is 0.743 bits per heavy atom. The van der Waals surface area contributed by atoms with Crippen molar-refractivity contribution < 1.29 is 9.59 Å². The van der Waals surface area contributed by atoms with E-state index in [4.69, 9.17) is 0 Å². The summed E-state index contributed by atoms with van der Waals surface area (Å²) in [4.78, 5) is 29.8. The van der Waals surface area contributed by atoms with E-state index in [0.29, 0.717) is 16.9 Å². The molecule has 4 rings (SSSR count). The molecule has 3 aromatic carbocycles. The molecule has 1 heterocycles. The fraction of sp³-hybridized carbons (Fsp3) is 0.214. The predicted octanol–water partition coefficient (Wildman–Crippen LogP) is 4.43. The Balaban J connectivity index is 1.85. The molecule has 0 spiro atoms. The van der Waals surface area contributed by atoms with Crippen LogP contribution < -0.4 is 14.9 Å². The summed E-state index contributed by atoms with van der Waals surface area (Å²) < 4.78 is 0. The number of carbonyl (C=O) groups excluding carboxylic acids is 2. The first kappa shape index (κ1) is 23.5. The molecule has 0 bridgehead atoms. The normalized spacial score (nSPS) is 14.1. The lowest BCUT2D eigenvalue weighted by Crippen LogP contribution is -2.41. The van der Waals surface area contributed by atoms with Crippen molar-refractivity contribution in [1.82, 2.24) is 0 Å². The molecule has 1 fully saturated rings. The topological polar surface area (TPSA) is 91.4 Å². The van der Waals surface area contributed by atoms with Crippen molar-refractivity contribution in [3.8, 4) is 12.1 Å². The summed E-state index contributed by atoms with van der Waals surface area (Å²) in [5, 5.41) is 23.1. The number of amides is 2. The van der Waals surface area contributed by atoms with E-state index < -0.39 is 23.1 Å². The van der Waals surface area contributed by atoms with Gasteiger partial charge in [-0.05, 0) is 55.8 Å².